The highest BCUT2D eigenvalue weighted by molar-refractivity contribution is 7.90. The second-order valence-corrected chi connectivity index (χ2v) is 5.66. The number of carboxylic acids is 1. The molecule has 1 aromatic rings. The largest absolute Gasteiger partial charge is 0.480 e. The Balaban J connectivity index is 2.20. The number of rotatable bonds is 4. The second-order valence-electron chi connectivity index (χ2n) is 4.03. The fraction of sp³-hybridized carbons (Fsp3) is 0.556. The Morgan fingerprint density at radius 1 is 1.42 bits per heavy atom. The number of anilines is 1. The summed E-state index contributed by atoms with van der Waals surface area (Å²) in [5.74, 6) is -1.34. The van der Waals surface area contributed by atoms with E-state index in [2.05, 4.69) is 19.9 Å². The molecule has 104 valence electrons. The molecule has 0 amide bonds. The van der Waals surface area contributed by atoms with Gasteiger partial charge in [-0.3, -0.25) is 4.79 Å². The van der Waals surface area contributed by atoms with Crippen LogP contribution in [0.4, 0.5) is 5.95 Å². The average molecular weight is 287 g/mol. The van der Waals surface area contributed by atoms with E-state index in [1.807, 2.05) is 0 Å². The lowest BCUT2D eigenvalue weighted by Crippen LogP contribution is -2.50. The summed E-state index contributed by atoms with van der Waals surface area (Å²) in [7, 11) is -3.99. The zero-order valence-electron chi connectivity index (χ0n) is 9.93. The van der Waals surface area contributed by atoms with Gasteiger partial charge in [-0.15, -0.1) is 5.10 Å². The van der Waals surface area contributed by atoms with Crippen LogP contribution in [0.25, 0.3) is 0 Å². The van der Waals surface area contributed by atoms with Gasteiger partial charge in [0.25, 0.3) is 5.95 Å². The van der Waals surface area contributed by atoms with E-state index in [4.69, 9.17) is 5.11 Å². The predicted octanol–water partition coefficient (Wildman–Crippen LogP) is -0.533. The first-order chi connectivity index (χ1) is 9.00. The van der Waals surface area contributed by atoms with E-state index in [-0.39, 0.29) is 12.5 Å². The van der Waals surface area contributed by atoms with Gasteiger partial charge in [-0.1, -0.05) is 0 Å². The maximum Gasteiger partial charge on any atom is 0.322 e. The van der Waals surface area contributed by atoms with Crippen molar-refractivity contribution in [3.05, 3.63) is 12.4 Å². The molecule has 1 aliphatic heterocycles. The van der Waals surface area contributed by atoms with Crippen LogP contribution in [-0.4, -0.2) is 51.6 Å². The fourth-order valence-electron chi connectivity index (χ4n) is 1.91. The van der Waals surface area contributed by atoms with Gasteiger partial charge in [0.1, 0.15) is 6.04 Å². The van der Waals surface area contributed by atoms with Crippen LogP contribution >= 0.6 is 0 Å². The molecule has 2 heterocycles. The van der Waals surface area contributed by atoms with Crippen LogP contribution in [0.3, 0.4) is 0 Å². The number of carboxylic acid groups (broad SMARTS) is 1. The number of piperidine rings is 1. The molecule has 1 fully saturated rings. The van der Waals surface area contributed by atoms with Gasteiger partial charge < -0.3 is 5.11 Å². The third-order valence-corrected chi connectivity index (χ3v) is 4.25. The third-order valence-electron chi connectivity index (χ3n) is 2.75. The number of nitrogens with zero attached hydrogens (tertiary/aromatic N) is 4. The van der Waals surface area contributed by atoms with Crippen molar-refractivity contribution in [3.63, 3.8) is 0 Å². The lowest BCUT2D eigenvalue weighted by molar-refractivity contribution is -0.142. The third kappa shape index (κ3) is 3.15. The van der Waals surface area contributed by atoms with Crippen molar-refractivity contribution in [2.45, 2.75) is 25.3 Å². The molecule has 0 aromatic carbocycles. The lowest BCUT2D eigenvalue weighted by atomic mass is 10.1. The first-order valence-electron chi connectivity index (χ1n) is 5.67. The summed E-state index contributed by atoms with van der Waals surface area (Å²) in [6, 6.07) is -1.05. The van der Waals surface area contributed by atoms with Crippen LogP contribution in [0.15, 0.2) is 12.4 Å². The minimum Gasteiger partial charge on any atom is -0.480 e. The number of hydrogen-bond donors (Lipinski definition) is 2. The van der Waals surface area contributed by atoms with Crippen molar-refractivity contribution in [1.82, 2.24) is 19.5 Å². The number of hydrogen-bond acceptors (Lipinski definition) is 6. The number of aromatic nitrogens is 3. The SMILES string of the molecule is O=C(O)C1CCCCN1S(=O)(=O)Nc1nccnn1. The summed E-state index contributed by atoms with van der Waals surface area (Å²) in [6.07, 6.45) is 4.20. The van der Waals surface area contributed by atoms with E-state index >= 15 is 0 Å². The number of aliphatic carboxylic acids is 1. The molecule has 0 radical (unpaired) electrons. The molecule has 19 heavy (non-hydrogen) atoms. The maximum atomic E-state index is 12.1. The van der Waals surface area contributed by atoms with Gasteiger partial charge in [-0.2, -0.15) is 17.8 Å². The van der Waals surface area contributed by atoms with Crippen LogP contribution in [0, 0.1) is 0 Å². The first kappa shape index (κ1) is 13.6. The van der Waals surface area contributed by atoms with Crippen LogP contribution < -0.4 is 4.72 Å². The molecule has 0 saturated carbocycles. The minimum atomic E-state index is -3.99. The van der Waals surface area contributed by atoms with Gasteiger partial charge in [-0.25, -0.2) is 9.71 Å². The predicted molar refractivity (Wildman–Crippen MR) is 64.4 cm³/mol. The van der Waals surface area contributed by atoms with Crippen LogP contribution in [0.5, 0.6) is 0 Å². The van der Waals surface area contributed by atoms with Gasteiger partial charge in [0, 0.05) is 6.54 Å². The normalized spacial score (nSPS) is 20.9. The molecule has 9 nitrogen and oxygen atoms in total. The molecule has 2 N–H and O–H groups in total. The Morgan fingerprint density at radius 2 is 2.21 bits per heavy atom. The van der Waals surface area contributed by atoms with E-state index in [1.54, 1.807) is 0 Å². The summed E-state index contributed by atoms with van der Waals surface area (Å²) in [5.41, 5.74) is 0. The number of nitrogens with one attached hydrogen (secondary N) is 1. The molecule has 0 bridgehead atoms. The zero-order chi connectivity index (χ0) is 13.9. The molecule has 0 spiro atoms. The van der Waals surface area contributed by atoms with Crippen molar-refractivity contribution < 1.29 is 18.3 Å². The monoisotopic (exact) mass is 287 g/mol. The van der Waals surface area contributed by atoms with E-state index in [0.29, 0.717) is 19.3 Å². The zero-order valence-corrected chi connectivity index (χ0v) is 10.7. The molecule has 0 aliphatic carbocycles. The van der Waals surface area contributed by atoms with Gasteiger partial charge in [0.05, 0.1) is 12.4 Å². The maximum absolute atomic E-state index is 12.1. The topological polar surface area (TPSA) is 125 Å². The summed E-state index contributed by atoms with van der Waals surface area (Å²) in [4.78, 5) is 14.8. The van der Waals surface area contributed by atoms with Gasteiger partial charge in [-0.05, 0) is 19.3 Å². The lowest BCUT2D eigenvalue weighted by Gasteiger charge is -2.31. The Bertz CT molecular complexity index is 549. The smallest absolute Gasteiger partial charge is 0.322 e. The van der Waals surface area contributed by atoms with Gasteiger partial charge >= 0.3 is 16.2 Å². The highest BCUT2D eigenvalue weighted by atomic mass is 32.2. The van der Waals surface area contributed by atoms with E-state index in [1.165, 1.54) is 12.4 Å². The molecule has 1 saturated heterocycles. The number of carbonyl (C=O) groups is 1. The van der Waals surface area contributed by atoms with Crippen LogP contribution in [-0.2, 0) is 15.0 Å². The highest BCUT2D eigenvalue weighted by Crippen LogP contribution is 2.21. The summed E-state index contributed by atoms with van der Waals surface area (Å²) >= 11 is 0. The first-order valence-corrected chi connectivity index (χ1v) is 7.11. The minimum absolute atomic E-state index is 0.159. The Hall–Kier alpha value is -1.81. The van der Waals surface area contributed by atoms with E-state index in [9.17, 15) is 13.2 Å². The molecule has 2 rings (SSSR count). The fourth-order valence-corrected chi connectivity index (χ4v) is 3.25. The molecule has 1 unspecified atom stereocenters. The molecular weight excluding hydrogens is 274 g/mol. The standard InChI is InChI=1S/C9H13N5O4S/c15-8(16)7-3-1-2-6-14(7)19(17,18)13-9-10-4-5-11-12-9/h4-5,7H,1-3,6H2,(H,15,16)(H,10,12,13). The van der Waals surface area contributed by atoms with Crippen LogP contribution in [0.1, 0.15) is 19.3 Å². The molecule has 10 heteroatoms. The second kappa shape index (κ2) is 5.45. The summed E-state index contributed by atoms with van der Waals surface area (Å²) < 4.78 is 27.3. The molecule has 1 aliphatic rings. The van der Waals surface area contributed by atoms with Crippen molar-refractivity contribution in [2.75, 3.05) is 11.3 Å². The Morgan fingerprint density at radius 3 is 2.84 bits per heavy atom. The van der Waals surface area contributed by atoms with Crippen molar-refractivity contribution >= 4 is 22.1 Å². The van der Waals surface area contributed by atoms with Crippen molar-refractivity contribution in [3.8, 4) is 0 Å². The molecular formula is C9H13N5O4S. The molecule has 1 aromatic heterocycles. The molecule has 1 atom stereocenters. The van der Waals surface area contributed by atoms with Crippen LogP contribution in [0.2, 0.25) is 0 Å². The van der Waals surface area contributed by atoms with Crippen molar-refractivity contribution in [1.29, 1.82) is 0 Å². The van der Waals surface area contributed by atoms with E-state index in [0.717, 1.165) is 4.31 Å². The quantitative estimate of drug-likeness (QED) is 0.762. The summed E-state index contributed by atoms with van der Waals surface area (Å²) in [5, 5.41) is 16.1. The Labute approximate surface area is 109 Å². The summed E-state index contributed by atoms with van der Waals surface area (Å²) in [6.45, 7) is 0.159. The van der Waals surface area contributed by atoms with E-state index < -0.39 is 22.2 Å². The highest BCUT2D eigenvalue weighted by Gasteiger charge is 2.37. The van der Waals surface area contributed by atoms with Gasteiger partial charge in [0.15, 0.2) is 0 Å². The average Bonchev–Trinajstić information content (AvgIpc) is 2.39. The Kier molecular flexibility index (Phi) is 3.90. The van der Waals surface area contributed by atoms with Crippen molar-refractivity contribution in [2.24, 2.45) is 0 Å². The van der Waals surface area contributed by atoms with Gasteiger partial charge in [0.2, 0.25) is 0 Å².